The van der Waals surface area contributed by atoms with Crippen molar-refractivity contribution < 1.29 is 14.5 Å². The average molecular weight is 413 g/mol. The molecule has 1 fully saturated rings. The Morgan fingerprint density at radius 2 is 2.00 bits per heavy atom. The van der Waals surface area contributed by atoms with Crippen molar-refractivity contribution >= 4 is 35.0 Å². The molecule has 1 aromatic carbocycles. The highest BCUT2D eigenvalue weighted by Gasteiger charge is 2.34. The molecule has 2 heterocycles. The minimum atomic E-state index is -0.738. The van der Waals surface area contributed by atoms with E-state index in [0.717, 1.165) is 22.9 Å². The minimum absolute atomic E-state index is 0.272. The van der Waals surface area contributed by atoms with Crippen LogP contribution in [0, 0.1) is 21.4 Å². The summed E-state index contributed by atoms with van der Waals surface area (Å²) in [6, 6.07) is 9.66. The summed E-state index contributed by atoms with van der Waals surface area (Å²) in [5.74, 6) is -0.219. The van der Waals surface area contributed by atoms with Crippen LogP contribution >= 0.6 is 11.8 Å². The fourth-order valence-corrected chi connectivity index (χ4v) is 3.93. The van der Waals surface area contributed by atoms with Crippen LogP contribution in [0.2, 0.25) is 0 Å². The van der Waals surface area contributed by atoms with Gasteiger partial charge in [-0.05, 0) is 24.3 Å². The maximum Gasteiger partial charge on any atom is 0.285 e. The van der Waals surface area contributed by atoms with Crippen LogP contribution in [0.5, 0.6) is 0 Å². The molecule has 1 unspecified atom stereocenters. The fraction of sp³-hybridized carbons (Fsp3) is 0.222. The highest BCUT2D eigenvalue weighted by atomic mass is 32.2. The monoisotopic (exact) mass is 413 g/mol. The zero-order valence-corrected chi connectivity index (χ0v) is 15.8. The molecule has 1 N–H and O–H groups in total. The Balaban J connectivity index is 1.71. The summed E-state index contributed by atoms with van der Waals surface area (Å²) in [4.78, 5) is 48.8. The van der Waals surface area contributed by atoms with Gasteiger partial charge in [-0.3, -0.25) is 29.1 Å². The zero-order chi connectivity index (χ0) is 21.0. The number of carbonyl (C=O) groups excluding carboxylic acids is 2. The van der Waals surface area contributed by atoms with Gasteiger partial charge in [-0.1, -0.05) is 0 Å². The summed E-state index contributed by atoms with van der Waals surface area (Å²) in [6.45, 7) is -0.401. The topological polar surface area (TPSA) is 138 Å². The quantitative estimate of drug-likeness (QED) is 0.573. The summed E-state index contributed by atoms with van der Waals surface area (Å²) in [6.07, 6.45) is 1.01. The number of thioether (sulfide) groups is 1. The summed E-state index contributed by atoms with van der Waals surface area (Å²) in [5, 5.41) is 22.4. The maximum atomic E-state index is 12.7. The van der Waals surface area contributed by atoms with Crippen molar-refractivity contribution in [3.63, 3.8) is 0 Å². The van der Waals surface area contributed by atoms with Gasteiger partial charge in [0.15, 0.2) is 0 Å². The van der Waals surface area contributed by atoms with Gasteiger partial charge in [-0.2, -0.15) is 5.26 Å². The number of nitrogens with zero attached hydrogens (tertiary/aromatic N) is 4. The van der Waals surface area contributed by atoms with E-state index in [2.05, 4.69) is 5.32 Å². The van der Waals surface area contributed by atoms with Crippen LogP contribution in [0.4, 0.5) is 11.4 Å². The number of anilines is 1. The molecule has 29 heavy (non-hydrogen) atoms. The molecule has 10 nitrogen and oxygen atoms in total. The van der Waals surface area contributed by atoms with E-state index in [1.165, 1.54) is 16.7 Å². The van der Waals surface area contributed by atoms with Gasteiger partial charge in [-0.15, -0.1) is 11.8 Å². The van der Waals surface area contributed by atoms with Crippen molar-refractivity contribution in [1.29, 1.82) is 5.26 Å². The SMILES string of the molecule is N#Cc1ccc(NC(=O)C2CSCN2C(=O)Cn2cc([N+](=O)[O-])ccc2=O)cc1. The Morgan fingerprint density at radius 1 is 1.28 bits per heavy atom. The first kappa shape index (κ1) is 20.1. The third-order valence-corrected chi connectivity index (χ3v) is 5.28. The second kappa shape index (κ2) is 8.57. The molecular formula is C18H15N5O5S. The van der Waals surface area contributed by atoms with Crippen molar-refractivity contribution in [2.75, 3.05) is 16.9 Å². The number of benzene rings is 1. The molecule has 1 aromatic heterocycles. The summed E-state index contributed by atoms with van der Waals surface area (Å²) < 4.78 is 0.957. The Hall–Kier alpha value is -3.65. The normalized spacial score (nSPS) is 15.6. The molecule has 1 aliphatic rings. The number of amides is 2. The fourth-order valence-electron chi connectivity index (χ4n) is 2.75. The van der Waals surface area contributed by atoms with Crippen LogP contribution in [-0.2, 0) is 16.1 Å². The lowest BCUT2D eigenvalue weighted by Crippen LogP contribution is -2.46. The molecule has 0 saturated carbocycles. The highest BCUT2D eigenvalue weighted by Crippen LogP contribution is 2.23. The third-order valence-electron chi connectivity index (χ3n) is 4.27. The molecule has 2 aromatic rings. The van der Waals surface area contributed by atoms with E-state index in [4.69, 9.17) is 5.26 Å². The van der Waals surface area contributed by atoms with Gasteiger partial charge in [-0.25, -0.2) is 0 Å². The van der Waals surface area contributed by atoms with E-state index >= 15 is 0 Å². The molecule has 1 aliphatic heterocycles. The number of pyridine rings is 1. The van der Waals surface area contributed by atoms with E-state index < -0.39 is 29.0 Å². The van der Waals surface area contributed by atoms with E-state index in [-0.39, 0.29) is 17.5 Å². The average Bonchev–Trinajstić information content (AvgIpc) is 3.20. The predicted molar refractivity (Wildman–Crippen MR) is 105 cm³/mol. The van der Waals surface area contributed by atoms with E-state index in [1.807, 2.05) is 6.07 Å². The number of rotatable bonds is 5. The van der Waals surface area contributed by atoms with Crippen LogP contribution in [0.1, 0.15) is 5.56 Å². The van der Waals surface area contributed by atoms with Crippen molar-refractivity contribution in [2.24, 2.45) is 0 Å². The first-order chi connectivity index (χ1) is 13.9. The highest BCUT2D eigenvalue weighted by molar-refractivity contribution is 7.99. The molecule has 1 atom stereocenters. The van der Waals surface area contributed by atoms with Gasteiger partial charge >= 0.3 is 0 Å². The van der Waals surface area contributed by atoms with E-state index in [0.29, 0.717) is 17.0 Å². The van der Waals surface area contributed by atoms with Gasteiger partial charge in [0.2, 0.25) is 11.8 Å². The number of hydrogen-bond donors (Lipinski definition) is 1. The third kappa shape index (κ3) is 4.61. The molecule has 2 amide bonds. The standard InChI is InChI=1S/C18H15N5O5S/c19-7-12-1-3-13(4-2-12)20-18(26)15-10-29-11-22(15)17(25)9-21-8-14(23(27)28)5-6-16(21)24/h1-6,8,15H,9-11H2,(H,20,26). The minimum Gasteiger partial charge on any atom is -0.324 e. The summed E-state index contributed by atoms with van der Waals surface area (Å²) in [7, 11) is 0. The Morgan fingerprint density at radius 3 is 2.66 bits per heavy atom. The second-order valence-electron chi connectivity index (χ2n) is 6.17. The van der Waals surface area contributed by atoms with Crippen LogP contribution in [-0.4, -0.2) is 43.9 Å². The first-order valence-corrected chi connectivity index (χ1v) is 9.57. The molecule has 0 radical (unpaired) electrons. The predicted octanol–water partition coefficient (Wildman–Crippen LogP) is 1.17. The Kier molecular flexibility index (Phi) is 5.94. The smallest absolute Gasteiger partial charge is 0.285 e. The summed E-state index contributed by atoms with van der Waals surface area (Å²) in [5.41, 5.74) is 0.101. The van der Waals surface area contributed by atoms with Crippen LogP contribution < -0.4 is 10.9 Å². The Bertz CT molecular complexity index is 1060. The van der Waals surface area contributed by atoms with Gasteiger partial charge in [0.25, 0.3) is 11.2 Å². The van der Waals surface area contributed by atoms with Crippen molar-refractivity contribution in [3.8, 4) is 6.07 Å². The molecule has 1 saturated heterocycles. The summed E-state index contributed by atoms with van der Waals surface area (Å²) >= 11 is 1.39. The van der Waals surface area contributed by atoms with Crippen molar-refractivity contribution in [1.82, 2.24) is 9.47 Å². The van der Waals surface area contributed by atoms with Crippen molar-refractivity contribution in [2.45, 2.75) is 12.6 Å². The maximum absolute atomic E-state index is 12.7. The number of nitrogens with one attached hydrogen (secondary N) is 1. The Labute approximate surface area is 168 Å². The van der Waals surface area contributed by atoms with Gasteiger partial charge < -0.3 is 10.2 Å². The number of hydrogen-bond acceptors (Lipinski definition) is 7. The lowest BCUT2D eigenvalue weighted by molar-refractivity contribution is -0.385. The molecule has 0 aliphatic carbocycles. The van der Waals surface area contributed by atoms with Crippen molar-refractivity contribution in [3.05, 3.63) is 68.6 Å². The zero-order valence-electron chi connectivity index (χ0n) is 15.0. The molecular weight excluding hydrogens is 398 g/mol. The lowest BCUT2D eigenvalue weighted by Gasteiger charge is -2.23. The van der Waals surface area contributed by atoms with Gasteiger partial charge in [0, 0.05) is 23.6 Å². The lowest BCUT2D eigenvalue weighted by atomic mass is 10.2. The number of nitro groups is 1. The number of aromatic nitrogens is 1. The van der Waals surface area contributed by atoms with Gasteiger partial charge in [0.05, 0.1) is 28.6 Å². The molecule has 3 rings (SSSR count). The van der Waals surface area contributed by atoms with Crippen LogP contribution in [0.25, 0.3) is 0 Å². The first-order valence-electron chi connectivity index (χ1n) is 8.42. The second-order valence-corrected chi connectivity index (χ2v) is 7.17. The number of carbonyl (C=O) groups is 2. The van der Waals surface area contributed by atoms with E-state index in [1.54, 1.807) is 24.3 Å². The molecule has 11 heteroatoms. The van der Waals surface area contributed by atoms with E-state index in [9.17, 15) is 24.5 Å². The van der Waals surface area contributed by atoms with Crippen LogP contribution in [0.3, 0.4) is 0 Å². The molecule has 0 spiro atoms. The van der Waals surface area contributed by atoms with Crippen LogP contribution in [0.15, 0.2) is 47.4 Å². The number of nitriles is 1. The van der Waals surface area contributed by atoms with Gasteiger partial charge in [0.1, 0.15) is 12.6 Å². The molecule has 0 bridgehead atoms. The largest absolute Gasteiger partial charge is 0.324 e. The molecule has 148 valence electrons.